The third-order valence-electron chi connectivity index (χ3n) is 3.16. The quantitative estimate of drug-likeness (QED) is 0.406. The third kappa shape index (κ3) is 2.55. The molecule has 0 fully saturated rings. The lowest BCUT2D eigenvalue weighted by atomic mass is 10.1. The smallest absolute Gasteiger partial charge is 0.143 e. The maximum absolute atomic E-state index is 14.3. The van der Waals surface area contributed by atoms with Crippen LogP contribution in [-0.4, -0.2) is 14.1 Å². The molecule has 0 spiro atoms. The Kier molecular flexibility index (Phi) is 3.59. The van der Waals surface area contributed by atoms with Gasteiger partial charge < -0.3 is 9.13 Å². The number of rotatable bonds is 4. The van der Waals surface area contributed by atoms with E-state index < -0.39 is 17.3 Å². The zero-order chi connectivity index (χ0) is 15.5. The molecular formula is C14H10F2N6. The fraction of sp³-hybridized carbons (Fsp3) is 0.0714. The van der Waals surface area contributed by atoms with Crippen molar-refractivity contribution in [3.8, 4) is 11.1 Å². The second-order valence-corrected chi connectivity index (χ2v) is 4.58. The predicted octanol–water partition coefficient (Wildman–Crippen LogP) is 4.08. The lowest BCUT2D eigenvalue weighted by molar-refractivity contribution is 0.589. The molecule has 6 nitrogen and oxygen atoms in total. The molecule has 3 rings (SSSR count). The monoisotopic (exact) mass is 300 g/mol. The molecule has 0 N–H and O–H groups in total. The molecular weight excluding hydrogens is 290 g/mol. The van der Waals surface area contributed by atoms with Crippen LogP contribution < -0.4 is 0 Å². The van der Waals surface area contributed by atoms with Crippen LogP contribution in [0.25, 0.3) is 21.6 Å². The summed E-state index contributed by atoms with van der Waals surface area (Å²) >= 11 is 0. The van der Waals surface area contributed by atoms with Crippen LogP contribution in [0.3, 0.4) is 0 Å². The van der Waals surface area contributed by atoms with Crippen molar-refractivity contribution < 1.29 is 8.78 Å². The Morgan fingerprint density at radius 3 is 2.77 bits per heavy atom. The second kappa shape index (κ2) is 5.71. The number of hydrogen-bond donors (Lipinski definition) is 0. The van der Waals surface area contributed by atoms with E-state index in [0.717, 1.165) is 6.07 Å². The molecule has 1 aromatic carbocycles. The van der Waals surface area contributed by atoms with Crippen molar-refractivity contribution in [1.82, 2.24) is 14.1 Å². The van der Waals surface area contributed by atoms with Crippen LogP contribution in [0.1, 0.15) is 0 Å². The molecule has 0 saturated carbocycles. The van der Waals surface area contributed by atoms with Gasteiger partial charge in [-0.05, 0) is 23.7 Å². The standard InChI is InChI=1S/C14H10F2N6/c15-12-2-1-11(13(16)14(12)19-20-17)10-3-5-21(7-10)9-22-6-4-18-8-22/h1-8H,9H2. The number of nitrogens with zero attached hydrogens (tertiary/aromatic N) is 6. The summed E-state index contributed by atoms with van der Waals surface area (Å²) in [5, 5.41) is 3.07. The molecule has 2 heterocycles. The van der Waals surface area contributed by atoms with Gasteiger partial charge in [0.25, 0.3) is 0 Å². The van der Waals surface area contributed by atoms with Crippen molar-refractivity contribution in [2.45, 2.75) is 6.67 Å². The Morgan fingerprint density at radius 1 is 1.18 bits per heavy atom. The van der Waals surface area contributed by atoms with E-state index in [2.05, 4.69) is 15.0 Å². The molecule has 0 saturated heterocycles. The first-order valence-corrected chi connectivity index (χ1v) is 6.34. The number of halogens is 2. The highest BCUT2D eigenvalue weighted by atomic mass is 19.1. The fourth-order valence-corrected chi connectivity index (χ4v) is 2.15. The van der Waals surface area contributed by atoms with E-state index in [9.17, 15) is 8.78 Å². The zero-order valence-electron chi connectivity index (χ0n) is 11.3. The largest absolute Gasteiger partial charge is 0.335 e. The highest BCUT2D eigenvalue weighted by molar-refractivity contribution is 5.68. The van der Waals surface area contributed by atoms with Crippen molar-refractivity contribution in [3.05, 3.63) is 71.4 Å². The minimum Gasteiger partial charge on any atom is -0.335 e. The van der Waals surface area contributed by atoms with Crippen LogP contribution in [0.5, 0.6) is 0 Å². The first-order valence-electron chi connectivity index (χ1n) is 6.34. The molecule has 8 heteroatoms. The minimum atomic E-state index is -0.892. The van der Waals surface area contributed by atoms with Crippen molar-refractivity contribution >= 4 is 5.69 Å². The van der Waals surface area contributed by atoms with Crippen molar-refractivity contribution in [1.29, 1.82) is 0 Å². The Labute approximate surface area is 123 Å². The van der Waals surface area contributed by atoms with E-state index in [4.69, 9.17) is 5.53 Å². The highest BCUT2D eigenvalue weighted by Crippen LogP contribution is 2.32. The fourth-order valence-electron chi connectivity index (χ4n) is 2.15. The second-order valence-electron chi connectivity index (χ2n) is 4.58. The molecule has 110 valence electrons. The Balaban J connectivity index is 1.96. The third-order valence-corrected chi connectivity index (χ3v) is 3.16. The molecule has 0 unspecified atom stereocenters. The van der Waals surface area contributed by atoms with Crippen molar-refractivity contribution in [3.63, 3.8) is 0 Å². The van der Waals surface area contributed by atoms with Gasteiger partial charge in [0, 0.05) is 40.8 Å². The summed E-state index contributed by atoms with van der Waals surface area (Å²) in [7, 11) is 0. The summed E-state index contributed by atoms with van der Waals surface area (Å²) in [6.45, 7) is 0.520. The SMILES string of the molecule is [N-]=[N+]=Nc1c(F)ccc(-c2ccn(Cn3ccnc3)c2)c1F. The van der Waals surface area contributed by atoms with Crippen LogP contribution in [0.2, 0.25) is 0 Å². The number of azide groups is 1. The number of benzene rings is 1. The van der Waals surface area contributed by atoms with Gasteiger partial charge in [0.15, 0.2) is 0 Å². The van der Waals surface area contributed by atoms with Gasteiger partial charge in [-0.1, -0.05) is 5.11 Å². The topological polar surface area (TPSA) is 71.5 Å². The summed E-state index contributed by atoms with van der Waals surface area (Å²) in [6, 6.07) is 4.10. The molecule has 0 aliphatic rings. The van der Waals surface area contributed by atoms with Gasteiger partial charge in [-0.25, -0.2) is 13.8 Å². The van der Waals surface area contributed by atoms with E-state index in [1.807, 2.05) is 9.13 Å². The minimum absolute atomic E-state index is 0.174. The maximum atomic E-state index is 14.3. The first kappa shape index (κ1) is 13.8. The van der Waals surface area contributed by atoms with E-state index in [1.165, 1.54) is 6.07 Å². The number of imidazole rings is 1. The van der Waals surface area contributed by atoms with E-state index >= 15 is 0 Å². The van der Waals surface area contributed by atoms with Gasteiger partial charge in [-0.15, -0.1) is 0 Å². The molecule has 3 aromatic rings. The molecule has 22 heavy (non-hydrogen) atoms. The summed E-state index contributed by atoms with van der Waals surface area (Å²) in [4.78, 5) is 6.39. The Bertz CT molecular complexity index is 846. The molecule has 0 atom stereocenters. The van der Waals surface area contributed by atoms with Crippen LogP contribution >= 0.6 is 0 Å². The van der Waals surface area contributed by atoms with Gasteiger partial charge in [0.2, 0.25) is 0 Å². The average Bonchev–Trinajstić information content (AvgIpc) is 3.16. The average molecular weight is 300 g/mol. The first-order chi connectivity index (χ1) is 10.7. The van der Waals surface area contributed by atoms with E-state index in [1.54, 1.807) is 37.2 Å². The van der Waals surface area contributed by atoms with Crippen LogP contribution in [0.15, 0.2) is 54.4 Å². The molecule has 2 aromatic heterocycles. The summed E-state index contributed by atoms with van der Waals surface area (Å²) in [5.74, 6) is -1.77. The summed E-state index contributed by atoms with van der Waals surface area (Å²) in [6.07, 6.45) is 8.62. The summed E-state index contributed by atoms with van der Waals surface area (Å²) in [5.41, 5.74) is 8.50. The van der Waals surface area contributed by atoms with Crippen molar-refractivity contribution in [2.24, 2.45) is 5.11 Å². The highest BCUT2D eigenvalue weighted by Gasteiger charge is 2.14. The van der Waals surface area contributed by atoms with E-state index in [-0.39, 0.29) is 5.56 Å². The zero-order valence-corrected chi connectivity index (χ0v) is 11.3. The molecule has 0 bridgehead atoms. The Hall–Kier alpha value is -3.12. The molecule has 0 radical (unpaired) electrons. The molecule has 0 aliphatic carbocycles. The predicted molar refractivity (Wildman–Crippen MR) is 76.2 cm³/mol. The van der Waals surface area contributed by atoms with Gasteiger partial charge >= 0.3 is 0 Å². The Morgan fingerprint density at radius 2 is 2.05 bits per heavy atom. The van der Waals surface area contributed by atoms with E-state index in [0.29, 0.717) is 12.2 Å². The van der Waals surface area contributed by atoms with Crippen LogP contribution in [0.4, 0.5) is 14.5 Å². The summed E-state index contributed by atoms with van der Waals surface area (Å²) < 4.78 is 31.4. The van der Waals surface area contributed by atoms with Gasteiger partial charge in [-0.2, -0.15) is 0 Å². The van der Waals surface area contributed by atoms with Crippen LogP contribution in [-0.2, 0) is 6.67 Å². The van der Waals surface area contributed by atoms with Crippen LogP contribution in [0, 0.1) is 11.6 Å². The van der Waals surface area contributed by atoms with Gasteiger partial charge in [0.1, 0.15) is 17.3 Å². The number of aromatic nitrogens is 3. The lowest BCUT2D eigenvalue weighted by Gasteiger charge is -2.05. The normalized spacial score (nSPS) is 10.5. The lowest BCUT2D eigenvalue weighted by Crippen LogP contribution is -2.03. The number of hydrogen-bond acceptors (Lipinski definition) is 2. The van der Waals surface area contributed by atoms with Gasteiger partial charge in [-0.3, -0.25) is 0 Å². The van der Waals surface area contributed by atoms with Crippen molar-refractivity contribution in [2.75, 3.05) is 0 Å². The maximum Gasteiger partial charge on any atom is 0.143 e. The molecule has 0 aliphatic heterocycles. The van der Waals surface area contributed by atoms with Gasteiger partial charge in [0.05, 0.1) is 13.0 Å². The molecule has 0 amide bonds.